The second-order valence-electron chi connectivity index (χ2n) is 2.98. The molecule has 0 saturated carbocycles. The number of aliphatic hydroxyl groups excluding tert-OH is 2. The van der Waals surface area contributed by atoms with Crippen molar-refractivity contribution < 1.29 is 15.1 Å². The lowest BCUT2D eigenvalue weighted by molar-refractivity contribution is -0.542. The Bertz CT molecular complexity index is 229. The topological polar surface area (TPSA) is 95.6 Å². The number of hydrogen-bond donors (Lipinski definition) is 3. The largest absolute Gasteiger partial charge is 0.389 e. The maximum absolute atomic E-state index is 9.92. The van der Waals surface area contributed by atoms with E-state index in [1.54, 1.807) is 0 Å². The van der Waals surface area contributed by atoms with Gasteiger partial charge in [0.1, 0.15) is 13.2 Å². The molecular formula is C9H19BrI2N2O4. The van der Waals surface area contributed by atoms with E-state index in [9.17, 15) is 10.1 Å². The van der Waals surface area contributed by atoms with E-state index in [4.69, 9.17) is 10.2 Å². The number of halogens is 3. The first-order chi connectivity index (χ1) is 8.37. The summed E-state index contributed by atoms with van der Waals surface area (Å²) in [7, 11) is 0. The van der Waals surface area contributed by atoms with Crippen molar-refractivity contribution in [2.75, 3.05) is 19.8 Å². The Morgan fingerprint density at radius 2 is 1.83 bits per heavy atom. The highest BCUT2D eigenvalue weighted by Crippen LogP contribution is 2.15. The minimum atomic E-state index is -1.77. The van der Waals surface area contributed by atoms with E-state index >= 15 is 0 Å². The fraction of sp³-hybridized carbons (Fsp3) is 0.778. The van der Waals surface area contributed by atoms with E-state index in [2.05, 4.69) is 78.9 Å². The van der Waals surface area contributed by atoms with E-state index in [-0.39, 0.29) is 0 Å². The van der Waals surface area contributed by atoms with E-state index in [0.29, 0.717) is 0 Å². The molecule has 0 atom stereocenters. The number of nitrogens with one attached hydrogen (secondary N) is 1. The first-order valence-corrected chi connectivity index (χ1v) is 12.1. The molecule has 0 unspecified atom stereocenters. The molecule has 0 heterocycles. The third-order valence-corrected chi connectivity index (χ3v) is 2.46. The molecule has 0 bridgehead atoms. The fourth-order valence-corrected chi connectivity index (χ4v) is 0.540. The van der Waals surface area contributed by atoms with Gasteiger partial charge in [-0.15, -0.1) is 0 Å². The van der Waals surface area contributed by atoms with E-state index in [0.717, 1.165) is 18.7 Å². The Kier molecular flexibility index (Phi) is 21.0. The molecule has 0 saturated heterocycles. The third-order valence-electron chi connectivity index (χ3n) is 1.67. The lowest BCUT2D eigenvalue weighted by atomic mass is 10.4. The van der Waals surface area contributed by atoms with Crippen molar-refractivity contribution in [3.05, 3.63) is 22.4 Å². The molecule has 3 N–H and O–H groups in total. The monoisotopic (exact) mass is 552 g/mol. The normalized spacial score (nSPS) is 9.28. The highest BCUT2D eigenvalue weighted by molar-refractivity contribution is 15.0. The highest BCUT2D eigenvalue weighted by atomic mass is 128. The van der Waals surface area contributed by atoms with Crippen LogP contribution in [0, 0.1) is 10.1 Å². The Labute approximate surface area is 139 Å². The Morgan fingerprint density at radius 3 is 1.89 bits per heavy atom. The molecule has 0 spiro atoms. The molecule has 0 aromatic carbocycles. The van der Waals surface area contributed by atoms with Gasteiger partial charge in [0.25, 0.3) is 0 Å². The van der Waals surface area contributed by atoms with Crippen molar-refractivity contribution in [2.24, 2.45) is 0 Å². The fourth-order valence-electron chi connectivity index (χ4n) is 0.540. The third kappa shape index (κ3) is 13.2. The molecule has 0 fully saturated rings. The minimum absolute atomic E-state index is 0.726. The Morgan fingerprint density at radius 1 is 1.44 bits per heavy atom. The molecule has 0 aliphatic heterocycles. The van der Waals surface area contributed by atoms with Gasteiger partial charge in [-0.2, -0.15) is 0 Å². The molecule has 0 rings (SSSR count). The van der Waals surface area contributed by atoms with Crippen molar-refractivity contribution in [3.8, 4) is 0 Å². The first-order valence-electron chi connectivity index (χ1n) is 4.99. The zero-order chi connectivity index (χ0) is 15.2. The lowest BCUT2D eigenvalue weighted by Gasteiger charge is -2.11. The van der Waals surface area contributed by atoms with Gasteiger partial charge in [0.2, 0.25) is 0 Å². The van der Waals surface area contributed by atoms with Crippen LogP contribution in [0.1, 0.15) is 20.3 Å². The zero-order valence-electron chi connectivity index (χ0n) is 10.3. The second kappa shape index (κ2) is 15.9. The summed E-state index contributed by atoms with van der Waals surface area (Å²) in [5, 5.41) is 29.6. The lowest BCUT2D eigenvalue weighted by Crippen LogP contribution is -2.39. The number of rotatable bonds is 6. The van der Waals surface area contributed by atoms with Gasteiger partial charge < -0.3 is 15.5 Å². The van der Waals surface area contributed by atoms with Gasteiger partial charge in [-0.1, -0.05) is 13.5 Å². The van der Waals surface area contributed by atoms with Crippen LogP contribution in [0.25, 0.3) is 0 Å². The van der Waals surface area contributed by atoms with E-state index in [1.807, 2.05) is 0 Å². The predicted molar refractivity (Wildman–Crippen MR) is 94.0 cm³/mol. The van der Waals surface area contributed by atoms with Gasteiger partial charge in [0.05, 0.1) is 0 Å². The molecule has 6 nitrogen and oxygen atoms in total. The van der Waals surface area contributed by atoms with Crippen molar-refractivity contribution >= 4 is 53.2 Å². The Balaban J connectivity index is -0.000000225. The van der Waals surface area contributed by atoms with Crippen molar-refractivity contribution in [3.63, 3.8) is 0 Å². The Hall–Kier alpha value is 0.800. The molecule has 0 amide bonds. The van der Waals surface area contributed by atoms with E-state index < -0.39 is 22.6 Å². The molecule has 0 aliphatic rings. The van der Waals surface area contributed by atoms with Gasteiger partial charge in [0.15, 0.2) is 0 Å². The number of allylic oxidation sites excluding steroid dienone is 1. The molecule has 0 aliphatic carbocycles. The summed E-state index contributed by atoms with van der Waals surface area (Å²) in [5.41, 5.74) is 1.13. The summed E-state index contributed by atoms with van der Waals surface area (Å²) in [4.78, 5) is 9.14. The van der Waals surface area contributed by atoms with Gasteiger partial charge in [-0.3, -0.25) is 10.1 Å². The van der Waals surface area contributed by atoms with Crippen molar-refractivity contribution in [2.45, 2.75) is 24.7 Å². The van der Waals surface area contributed by atoms with Crippen LogP contribution in [0.5, 0.6) is 0 Å². The SMILES string of the molecule is C=C(CC)NCC.II.O=[N+]([O-])C(Br)(CO)CO. The molecule has 110 valence electrons. The smallest absolute Gasteiger partial charge is 0.319 e. The summed E-state index contributed by atoms with van der Waals surface area (Å²) in [6, 6.07) is 0. The van der Waals surface area contributed by atoms with Gasteiger partial charge in [-0.25, -0.2) is 0 Å². The average Bonchev–Trinajstić information content (AvgIpc) is 2.40. The maximum Gasteiger partial charge on any atom is 0.319 e. The van der Waals surface area contributed by atoms with Crippen molar-refractivity contribution in [1.29, 1.82) is 0 Å². The molecule has 0 radical (unpaired) electrons. The van der Waals surface area contributed by atoms with Crippen LogP contribution in [0.15, 0.2) is 12.3 Å². The van der Waals surface area contributed by atoms with Crippen LogP contribution >= 0.6 is 53.2 Å². The average molecular weight is 553 g/mol. The number of nitrogens with zero attached hydrogens (tertiary/aromatic N) is 1. The number of aliphatic hydroxyl groups is 2. The van der Waals surface area contributed by atoms with E-state index in [1.165, 1.54) is 0 Å². The first kappa shape index (κ1) is 23.9. The molecule has 0 aromatic heterocycles. The van der Waals surface area contributed by atoms with Crippen LogP contribution in [0.2, 0.25) is 0 Å². The van der Waals surface area contributed by atoms with Crippen LogP contribution in [0.4, 0.5) is 0 Å². The van der Waals surface area contributed by atoms with Crippen LogP contribution in [0.3, 0.4) is 0 Å². The van der Waals surface area contributed by atoms with Crippen LogP contribution < -0.4 is 5.32 Å². The van der Waals surface area contributed by atoms with Gasteiger partial charge >= 0.3 is 4.45 Å². The zero-order valence-corrected chi connectivity index (χ0v) is 16.2. The van der Waals surface area contributed by atoms with Gasteiger partial charge in [0, 0.05) is 70.3 Å². The standard InChI is InChI=1S/C6H13N.C3H6BrNO4.I2/c1-4-6(3)7-5-2;4-3(1-6,2-7)5(8)9;1-2/h7H,3-5H2,1-2H3;6-7H,1-2H2;. The summed E-state index contributed by atoms with van der Waals surface area (Å²) in [5.74, 6) is 0. The quantitative estimate of drug-likeness (QED) is 0.155. The summed E-state index contributed by atoms with van der Waals surface area (Å²) < 4.78 is -1.77. The highest BCUT2D eigenvalue weighted by Gasteiger charge is 2.38. The summed E-state index contributed by atoms with van der Waals surface area (Å²) in [6.45, 7) is 7.45. The summed E-state index contributed by atoms with van der Waals surface area (Å²) >= 11 is 6.79. The number of hydrogen-bond acceptors (Lipinski definition) is 5. The number of alkyl halides is 1. The molecule has 9 heteroatoms. The molecule has 0 aromatic rings. The molecular weight excluding hydrogens is 534 g/mol. The minimum Gasteiger partial charge on any atom is -0.389 e. The number of nitro groups is 1. The van der Waals surface area contributed by atoms with Crippen LogP contribution in [-0.4, -0.2) is 39.3 Å². The van der Waals surface area contributed by atoms with Crippen LogP contribution in [-0.2, 0) is 0 Å². The predicted octanol–water partition coefficient (Wildman–Crippen LogP) is 2.63. The summed E-state index contributed by atoms with van der Waals surface area (Å²) in [6.07, 6.45) is 1.04. The van der Waals surface area contributed by atoms with Gasteiger partial charge in [-0.05, 0) is 13.3 Å². The molecule has 18 heavy (non-hydrogen) atoms. The maximum atomic E-state index is 9.92. The van der Waals surface area contributed by atoms with Crippen molar-refractivity contribution in [1.82, 2.24) is 5.32 Å². The second-order valence-corrected chi connectivity index (χ2v) is 4.45.